The average molecular weight is 353 g/mol. The topological polar surface area (TPSA) is 89.3 Å². The fraction of sp³-hybridized carbons (Fsp3) is 0.733. The second-order valence-corrected chi connectivity index (χ2v) is 7.22. The van der Waals surface area contributed by atoms with Crippen molar-refractivity contribution in [2.45, 2.75) is 30.5 Å². The largest absolute Gasteiger partial charge is 0.381 e. The second kappa shape index (κ2) is 7.98. The van der Waals surface area contributed by atoms with E-state index in [1.165, 1.54) is 0 Å². The van der Waals surface area contributed by atoms with Crippen molar-refractivity contribution in [2.24, 2.45) is 13.0 Å². The molecule has 3 rings (SSSR count). The smallest absolute Gasteiger partial charge is 0.225 e. The minimum Gasteiger partial charge on any atom is -0.381 e. The Labute approximate surface area is 145 Å². The first-order valence-corrected chi connectivity index (χ1v) is 9.25. The molecule has 0 radical (unpaired) electrons. The molecular formula is C15H23N5O3S. The number of likely N-dealkylation sites (tertiary alicyclic amines) is 1. The van der Waals surface area contributed by atoms with E-state index in [0.29, 0.717) is 32.7 Å². The molecule has 0 bridgehead atoms. The molecule has 0 aliphatic carbocycles. The molecule has 1 aromatic rings. The number of thioether (sulfide) groups is 1. The van der Waals surface area contributed by atoms with E-state index in [2.05, 4.69) is 15.5 Å². The molecule has 9 heteroatoms. The van der Waals surface area contributed by atoms with Crippen LogP contribution in [0.15, 0.2) is 11.5 Å². The third-order valence-electron chi connectivity index (χ3n) is 4.46. The SMILES string of the molecule is Cn1cnnc1SCCNC(=O)C1CC(=O)N(C2CCOCC2)C1. The van der Waals surface area contributed by atoms with Gasteiger partial charge in [0.25, 0.3) is 0 Å². The number of carbonyl (C=O) groups is 2. The van der Waals surface area contributed by atoms with Crippen LogP contribution in [0.4, 0.5) is 0 Å². The molecule has 0 aromatic carbocycles. The van der Waals surface area contributed by atoms with Gasteiger partial charge in [-0.2, -0.15) is 0 Å². The zero-order valence-corrected chi connectivity index (χ0v) is 14.6. The van der Waals surface area contributed by atoms with Gasteiger partial charge in [-0.05, 0) is 12.8 Å². The van der Waals surface area contributed by atoms with Crippen LogP contribution >= 0.6 is 11.8 Å². The van der Waals surface area contributed by atoms with E-state index in [1.54, 1.807) is 18.1 Å². The van der Waals surface area contributed by atoms with Crippen LogP contribution in [-0.4, -0.2) is 69.6 Å². The van der Waals surface area contributed by atoms with Crippen LogP contribution in [0.1, 0.15) is 19.3 Å². The van der Waals surface area contributed by atoms with Crippen molar-refractivity contribution in [3.63, 3.8) is 0 Å². The summed E-state index contributed by atoms with van der Waals surface area (Å²) in [6.45, 7) is 2.49. The van der Waals surface area contributed by atoms with Crippen molar-refractivity contribution >= 4 is 23.6 Å². The molecule has 2 saturated heterocycles. The number of nitrogens with one attached hydrogen (secondary N) is 1. The highest BCUT2D eigenvalue weighted by Crippen LogP contribution is 2.25. The van der Waals surface area contributed by atoms with Crippen LogP contribution in [0.5, 0.6) is 0 Å². The molecule has 24 heavy (non-hydrogen) atoms. The lowest BCUT2D eigenvalue weighted by atomic mass is 10.1. The highest BCUT2D eigenvalue weighted by atomic mass is 32.2. The summed E-state index contributed by atoms with van der Waals surface area (Å²) in [4.78, 5) is 26.4. The Morgan fingerprint density at radius 2 is 2.25 bits per heavy atom. The molecule has 3 heterocycles. The predicted octanol–water partition coefficient (Wildman–Crippen LogP) is 0.0509. The van der Waals surface area contributed by atoms with E-state index in [0.717, 1.165) is 23.8 Å². The quantitative estimate of drug-likeness (QED) is 0.574. The molecule has 132 valence electrons. The Kier molecular flexibility index (Phi) is 5.72. The normalized spacial score (nSPS) is 22.1. The molecule has 1 aromatic heterocycles. The number of ether oxygens (including phenoxy) is 1. The Bertz CT molecular complexity index is 587. The molecule has 2 aliphatic heterocycles. The molecule has 2 aliphatic rings. The lowest BCUT2D eigenvalue weighted by Gasteiger charge is -2.31. The van der Waals surface area contributed by atoms with E-state index >= 15 is 0 Å². The summed E-state index contributed by atoms with van der Waals surface area (Å²) < 4.78 is 7.18. The number of nitrogens with zero attached hydrogens (tertiary/aromatic N) is 4. The first kappa shape index (κ1) is 17.2. The third-order valence-corrected chi connectivity index (χ3v) is 5.50. The minimum atomic E-state index is -0.236. The van der Waals surface area contributed by atoms with Crippen molar-refractivity contribution in [3.05, 3.63) is 6.33 Å². The predicted molar refractivity (Wildman–Crippen MR) is 88.4 cm³/mol. The molecule has 2 amide bonds. The van der Waals surface area contributed by atoms with Gasteiger partial charge in [0.1, 0.15) is 6.33 Å². The summed E-state index contributed by atoms with van der Waals surface area (Å²) in [6, 6.07) is 0.232. The van der Waals surface area contributed by atoms with Crippen LogP contribution in [0, 0.1) is 5.92 Å². The number of hydrogen-bond acceptors (Lipinski definition) is 6. The van der Waals surface area contributed by atoms with Gasteiger partial charge < -0.3 is 19.5 Å². The van der Waals surface area contributed by atoms with E-state index < -0.39 is 0 Å². The van der Waals surface area contributed by atoms with Crippen LogP contribution in [-0.2, 0) is 21.4 Å². The standard InChI is InChI=1S/C15H23N5O3S/c1-19-10-17-18-15(19)24-7-4-16-14(22)11-8-13(21)20(9-11)12-2-5-23-6-3-12/h10-12H,2-9H2,1H3,(H,16,22). The van der Waals surface area contributed by atoms with Crippen molar-refractivity contribution < 1.29 is 14.3 Å². The van der Waals surface area contributed by atoms with E-state index in [-0.39, 0.29) is 23.8 Å². The van der Waals surface area contributed by atoms with Gasteiger partial charge in [0.15, 0.2) is 5.16 Å². The molecule has 1 N–H and O–H groups in total. The molecule has 1 atom stereocenters. The first-order valence-electron chi connectivity index (χ1n) is 8.27. The zero-order chi connectivity index (χ0) is 16.9. The zero-order valence-electron chi connectivity index (χ0n) is 13.8. The summed E-state index contributed by atoms with van der Waals surface area (Å²) in [7, 11) is 1.88. The maximum absolute atomic E-state index is 12.3. The Morgan fingerprint density at radius 3 is 2.96 bits per heavy atom. The number of hydrogen-bond donors (Lipinski definition) is 1. The Hall–Kier alpha value is -1.61. The third kappa shape index (κ3) is 4.07. The lowest BCUT2D eigenvalue weighted by molar-refractivity contribution is -0.131. The summed E-state index contributed by atoms with van der Waals surface area (Å²) in [6.07, 6.45) is 3.71. The Morgan fingerprint density at radius 1 is 1.46 bits per heavy atom. The molecule has 0 saturated carbocycles. The lowest BCUT2D eigenvalue weighted by Crippen LogP contribution is -2.41. The summed E-state index contributed by atoms with van der Waals surface area (Å²) in [5.74, 6) is 0.551. The number of aryl methyl sites for hydroxylation is 1. The molecule has 1 unspecified atom stereocenters. The number of amides is 2. The second-order valence-electron chi connectivity index (χ2n) is 6.15. The van der Waals surface area contributed by atoms with Crippen molar-refractivity contribution in [2.75, 3.05) is 32.1 Å². The van der Waals surface area contributed by atoms with Crippen LogP contribution in [0.25, 0.3) is 0 Å². The fourth-order valence-electron chi connectivity index (χ4n) is 3.12. The van der Waals surface area contributed by atoms with Crippen LogP contribution in [0.3, 0.4) is 0 Å². The van der Waals surface area contributed by atoms with E-state index in [9.17, 15) is 9.59 Å². The minimum absolute atomic E-state index is 0.0310. The molecule has 2 fully saturated rings. The molecule has 8 nitrogen and oxygen atoms in total. The average Bonchev–Trinajstić information content (AvgIpc) is 3.18. The van der Waals surface area contributed by atoms with Crippen LogP contribution in [0.2, 0.25) is 0 Å². The highest BCUT2D eigenvalue weighted by Gasteiger charge is 2.38. The van der Waals surface area contributed by atoms with Crippen LogP contribution < -0.4 is 5.32 Å². The Balaban J connectivity index is 1.40. The summed E-state index contributed by atoms with van der Waals surface area (Å²) in [5, 5.41) is 11.6. The van der Waals surface area contributed by atoms with E-state index in [4.69, 9.17) is 4.74 Å². The number of aromatic nitrogens is 3. The van der Waals surface area contributed by atoms with Crippen molar-refractivity contribution in [1.82, 2.24) is 25.0 Å². The van der Waals surface area contributed by atoms with Crippen molar-refractivity contribution in [3.8, 4) is 0 Å². The first-order chi connectivity index (χ1) is 11.6. The summed E-state index contributed by atoms with van der Waals surface area (Å²) in [5.41, 5.74) is 0. The van der Waals surface area contributed by atoms with Gasteiger partial charge in [-0.1, -0.05) is 11.8 Å². The van der Waals surface area contributed by atoms with Gasteiger partial charge in [-0.3, -0.25) is 9.59 Å². The van der Waals surface area contributed by atoms with Crippen molar-refractivity contribution in [1.29, 1.82) is 0 Å². The number of rotatable bonds is 6. The van der Waals surface area contributed by atoms with E-state index in [1.807, 2.05) is 16.5 Å². The van der Waals surface area contributed by atoms with Gasteiger partial charge in [-0.15, -0.1) is 10.2 Å². The maximum Gasteiger partial charge on any atom is 0.225 e. The summed E-state index contributed by atoms with van der Waals surface area (Å²) >= 11 is 1.55. The van der Waals surface area contributed by atoms with Gasteiger partial charge >= 0.3 is 0 Å². The number of carbonyl (C=O) groups excluding carboxylic acids is 2. The monoisotopic (exact) mass is 353 g/mol. The highest BCUT2D eigenvalue weighted by molar-refractivity contribution is 7.99. The molecule has 0 spiro atoms. The maximum atomic E-state index is 12.3. The molecular weight excluding hydrogens is 330 g/mol. The van der Waals surface area contributed by atoms with Gasteiger partial charge in [0, 0.05) is 51.6 Å². The van der Waals surface area contributed by atoms with Gasteiger partial charge in [0.05, 0.1) is 5.92 Å². The van der Waals surface area contributed by atoms with Gasteiger partial charge in [0.2, 0.25) is 11.8 Å². The fourth-order valence-corrected chi connectivity index (χ4v) is 3.86. The van der Waals surface area contributed by atoms with Gasteiger partial charge in [-0.25, -0.2) is 0 Å².